The van der Waals surface area contributed by atoms with E-state index in [0.29, 0.717) is 17.0 Å². The molecule has 17 heavy (non-hydrogen) atoms. The third-order valence-electron chi connectivity index (χ3n) is 2.79. The molecule has 4 nitrogen and oxygen atoms in total. The average Bonchev–Trinajstić information content (AvgIpc) is 2.29. The molecule has 0 aromatic heterocycles. The van der Waals surface area contributed by atoms with Crippen molar-refractivity contribution in [3.63, 3.8) is 0 Å². The maximum Gasteiger partial charge on any atom is 0.249 e. The lowest BCUT2D eigenvalue weighted by Crippen LogP contribution is -2.15. The highest BCUT2D eigenvalue weighted by Crippen LogP contribution is 2.30. The van der Waals surface area contributed by atoms with Gasteiger partial charge in [0.25, 0.3) is 0 Å². The quantitative estimate of drug-likeness (QED) is 0.586. The van der Waals surface area contributed by atoms with Crippen molar-refractivity contribution in [1.29, 1.82) is 0 Å². The number of nitrogens with two attached hydrogens (primary N) is 2. The first kappa shape index (κ1) is 13.4. The van der Waals surface area contributed by atoms with Crippen molar-refractivity contribution in [3.8, 4) is 5.75 Å². The SMILES string of the molecule is CCCCCc1c(C(N)=O)ccc(N)c1OC. The normalized spacial score (nSPS) is 10.2. The molecular formula is C13H20N2O2. The number of primary amides is 1. The van der Waals surface area contributed by atoms with Crippen LogP contribution >= 0.6 is 0 Å². The Balaban J connectivity index is 3.10. The van der Waals surface area contributed by atoms with Gasteiger partial charge in [-0.25, -0.2) is 0 Å². The van der Waals surface area contributed by atoms with Gasteiger partial charge in [-0.15, -0.1) is 0 Å². The summed E-state index contributed by atoms with van der Waals surface area (Å²) >= 11 is 0. The number of benzene rings is 1. The molecule has 0 saturated carbocycles. The third kappa shape index (κ3) is 3.12. The molecule has 0 fully saturated rings. The van der Waals surface area contributed by atoms with Crippen molar-refractivity contribution in [2.24, 2.45) is 5.73 Å². The summed E-state index contributed by atoms with van der Waals surface area (Å²) in [5, 5.41) is 0. The highest BCUT2D eigenvalue weighted by Gasteiger charge is 2.15. The zero-order valence-electron chi connectivity index (χ0n) is 10.5. The highest BCUT2D eigenvalue weighted by molar-refractivity contribution is 5.96. The van der Waals surface area contributed by atoms with E-state index in [4.69, 9.17) is 16.2 Å². The number of carbonyl (C=O) groups is 1. The van der Waals surface area contributed by atoms with Crippen LogP contribution in [0.15, 0.2) is 12.1 Å². The van der Waals surface area contributed by atoms with Gasteiger partial charge < -0.3 is 16.2 Å². The average molecular weight is 236 g/mol. The van der Waals surface area contributed by atoms with Gasteiger partial charge in [-0.1, -0.05) is 19.8 Å². The molecule has 0 aliphatic heterocycles. The summed E-state index contributed by atoms with van der Waals surface area (Å²) in [7, 11) is 1.56. The van der Waals surface area contributed by atoms with E-state index in [-0.39, 0.29) is 0 Å². The van der Waals surface area contributed by atoms with Crippen molar-refractivity contribution in [2.75, 3.05) is 12.8 Å². The molecule has 4 N–H and O–H groups in total. The number of amides is 1. The van der Waals surface area contributed by atoms with E-state index < -0.39 is 5.91 Å². The number of hydrogen-bond acceptors (Lipinski definition) is 3. The number of unbranched alkanes of at least 4 members (excludes halogenated alkanes) is 2. The smallest absolute Gasteiger partial charge is 0.249 e. The van der Waals surface area contributed by atoms with E-state index >= 15 is 0 Å². The van der Waals surface area contributed by atoms with Crippen molar-refractivity contribution in [1.82, 2.24) is 0 Å². The van der Waals surface area contributed by atoms with Gasteiger partial charge in [0.15, 0.2) is 0 Å². The summed E-state index contributed by atoms with van der Waals surface area (Å²) in [6.45, 7) is 2.13. The summed E-state index contributed by atoms with van der Waals surface area (Å²) in [5.41, 5.74) is 13.1. The number of methoxy groups -OCH3 is 1. The summed E-state index contributed by atoms with van der Waals surface area (Å²) in [5.74, 6) is 0.146. The molecule has 0 radical (unpaired) electrons. The number of nitrogen functional groups attached to an aromatic ring is 1. The highest BCUT2D eigenvalue weighted by atomic mass is 16.5. The number of anilines is 1. The van der Waals surface area contributed by atoms with Crippen LogP contribution in [0.1, 0.15) is 42.1 Å². The van der Waals surface area contributed by atoms with Gasteiger partial charge in [0, 0.05) is 11.1 Å². The fraction of sp³-hybridized carbons (Fsp3) is 0.462. The van der Waals surface area contributed by atoms with Crippen LogP contribution in [0.3, 0.4) is 0 Å². The third-order valence-corrected chi connectivity index (χ3v) is 2.79. The van der Waals surface area contributed by atoms with Crippen LogP contribution in [-0.2, 0) is 6.42 Å². The topological polar surface area (TPSA) is 78.3 Å². The van der Waals surface area contributed by atoms with Crippen molar-refractivity contribution in [3.05, 3.63) is 23.3 Å². The predicted molar refractivity (Wildman–Crippen MR) is 69.2 cm³/mol. The lowest BCUT2D eigenvalue weighted by Gasteiger charge is -2.14. The molecule has 4 heteroatoms. The molecule has 1 aromatic carbocycles. The summed E-state index contributed by atoms with van der Waals surface area (Å²) in [4.78, 5) is 11.4. The minimum Gasteiger partial charge on any atom is -0.494 e. The second-order valence-corrected chi connectivity index (χ2v) is 4.04. The van der Waals surface area contributed by atoms with Gasteiger partial charge >= 0.3 is 0 Å². The van der Waals surface area contributed by atoms with Gasteiger partial charge in [0.05, 0.1) is 12.8 Å². The maximum absolute atomic E-state index is 11.4. The Bertz CT molecular complexity index is 403. The van der Waals surface area contributed by atoms with Crippen LogP contribution in [0.4, 0.5) is 5.69 Å². The Morgan fingerprint density at radius 3 is 2.59 bits per heavy atom. The molecule has 0 aliphatic rings. The first-order chi connectivity index (χ1) is 8.11. The largest absolute Gasteiger partial charge is 0.494 e. The summed E-state index contributed by atoms with van der Waals surface area (Å²) in [6.07, 6.45) is 3.99. The minimum absolute atomic E-state index is 0.435. The van der Waals surface area contributed by atoms with Crippen LogP contribution in [-0.4, -0.2) is 13.0 Å². The van der Waals surface area contributed by atoms with Crippen LogP contribution < -0.4 is 16.2 Å². The molecule has 1 amide bonds. The molecular weight excluding hydrogens is 216 g/mol. The van der Waals surface area contributed by atoms with Crippen molar-refractivity contribution in [2.45, 2.75) is 32.6 Å². The second-order valence-electron chi connectivity index (χ2n) is 4.04. The van der Waals surface area contributed by atoms with Gasteiger partial charge in [0.2, 0.25) is 5.91 Å². The Kier molecular flexibility index (Phi) is 4.82. The van der Waals surface area contributed by atoms with Gasteiger partial charge in [-0.2, -0.15) is 0 Å². The Morgan fingerprint density at radius 1 is 1.35 bits per heavy atom. The van der Waals surface area contributed by atoms with E-state index in [1.807, 2.05) is 0 Å². The lowest BCUT2D eigenvalue weighted by atomic mass is 9.98. The molecule has 1 aromatic rings. The molecule has 0 bridgehead atoms. The van der Waals surface area contributed by atoms with E-state index in [2.05, 4.69) is 6.92 Å². The maximum atomic E-state index is 11.4. The Morgan fingerprint density at radius 2 is 2.06 bits per heavy atom. The van der Waals surface area contributed by atoms with Crippen LogP contribution in [0, 0.1) is 0 Å². The van der Waals surface area contributed by atoms with Crippen LogP contribution in [0.5, 0.6) is 5.75 Å². The fourth-order valence-electron chi connectivity index (χ4n) is 1.92. The van der Waals surface area contributed by atoms with Crippen molar-refractivity contribution < 1.29 is 9.53 Å². The standard InChI is InChI=1S/C13H20N2O2/c1-3-4-5-6-9-10(13(15)16)7-8-11(14)12(9)17-2/h7-8H,3-6,14H2,1-2H3,(H2,15,16). The molecule has 0 heterocycles. The van der Waals surface area contributed by atoms with Crippen molar-refractivity contribution >= 4 is 11.6 Å². The molecule has 94 valence electrons. The second kappa shape index (κ2) is 6.13. The number of hydrogen-bond donors (Lipinski definition) is 2. The molecule has 1 rings (SSSR count). The van der Waals surface area contributed by atoms with Crippen LogP contribution in [0.25, 0.3) is 0 Å². The number of carbonyl (C=O) groups excluding carboxylic acids is 1. The number of ether oxygens (including phenoxy) is 1. The van der Waals surface area contributed by atoms with Gasteiger partial charge in [-0.05, 0) is 25.0 Å². The first-order valence-corrected chi connectivity index (χ1v) is 5.87. The molecule has 0 saturated heterocycles. The summed E-state index contributed by atoms with van der Waals surface area (Å²) < 4.78 is 5.26. The summed E-state index contributed by atoms with van der Waals surface area (Å²) in [6, 6.07) is 3.32. The number of rotatable bonds is 6. The first-order valence-electron chi connectivity index (χ1n) is 5.87. The van der Waals surface area contributed by atoms with E-state index in [1.165, 1.54) is 0 Å². The van der Waals surface area contributed by atoms with Crippen LogP contribution in [0.2, 0.25) is 0 Å². The lowest BCUT2D eigenvalue weighted by molar-refractivity contribution is 0.0999. The van der Waals surface area contributed by atoms with Gasteiger partial charge in [0.1, 0.15) is 5.75 Å². The monoisotopic (exact) mass is 236 g/mol. The van der Waals surface area contributed by atoms with E-state index in [1.54, 1.807) is 19.2 Å². The van der Waals surface area contributed by atoms with E-state index in [9.17, 15) is 4.79 Å². The molecule has 0 unspecified atom stereocenters. The van der Waals surface area contributed by atoms with Gasteiger partial charge in [-0.3, -0.25) is 4.79 Å². The molecule has 0 spiro atoms. The Labute approximate surface area is 102 Å². The zero-order chi connectivity index (χ0) is 12.8. The fourth-order valence-corrected chi connectivity index (χ4v) is 1.92. The Hall–Kier alpha value is -1.71. The predicted octanol–water partition coefficient (Wildman–Crippen LogP) is 2.11. The zero-order valence-corrected chi connectivity index (χ0v) is 10.5. The molecule has 0 atom stereocenters. The minimum atomic E-state index is -0.435. The molecule has 0 aliphatic carbocycles. The van der Waals surface area contributed by atoms with E-state index in [0.717, 1.165) is 31.2 Å².